The number of hydrogen-bond acceptors (Lipinski definition) is 8. The number of aromatic nitrogens is 2. The number of carbonyl (C=O) groups is 1. The van der Waals surface area contributed by atoms with Crippen molar-refractivity contribution in [3.05, 3.63) is 59.4 Å². The minimum Gasteiger partial charge on any atom is -0.461 e. The van der Waals surface area contributed by atoms with E-state index in [9.17, 15) is 14.3 Å². The molecule has 262 valence electrons. The van der Waals surface area contributed by atoms with Gasteiger partial charge >= 0.3 is 12.1 Å². The highest BCUT2D eigenvalue weighted by Crippen LogP contribution is 2.44. The van der Waals surface area contributed by atoms with E-state index in [2.05, 4.69) is 15.8 Å². The van der Waals surface area contributed by atoms with E-state index in [0.29, 0.717) is 24.8 Å². The van der Waals surface area contributed by atoms with Crippen LogP contribution in [0.1, 0.15) is 51.0 Å². The minimum absolute atomic E-state index is 0.0371. The monoisotopic (exact) mass is 687 g/mol. The van der Waals surface area contributed by atoms with E-state index in [-0.39, 0.29) is 70.6 Å². The second-order valence-corrected chi connectivity index (χ2v) is 14.2. The number of amides is 1. The zero-order valence-electron chi connectivity index (χ0n) is 28.4. The fraction of sp³-hybridized carbons (Fsp3) is 0.447. The Bertz CT molecular complexity index is 2030. The topological polar surface area (TPSA) is 91.3 Å². The van der Waals surface area contributed by atoms with E-state index >= 15 is 8.78 Å². The SMILES string of the molecule is C#Cc1c(F)ccc2cccc(-c3c(F)cc4c(N5CCC[C@@](C)(O)C5)nc(OC[C@@]56CCCN5C(COC(=O)N(C)C)CC6)nc4c3F)c12. The van der Waals surface area contributed by atoms with Crippen molar-refractivity contribution in [2.45, 2.75) is 62.6 Å². The molecule has 4 heterocycles. The summed E-state index contributed by atoms with van der Waals surface area (Å²) in [6.45, 7) is 3.74. The Hall–Kier alpha value is -4.60. The molecule has 3 aromatic carbocycles. The van der Waals surface area contributed by atoms with Crippen molar-refractivity contribution in [1.29, 1.82) is 0 Å². The van der Waals surface area contributed by atoms with Gasteiger partial charge in [-0.3, -0.25) is 4.90 Å². The number of piperidine rings is 1. The van der Waals surface area contributed by atoms with Crippen molar-refractivity contribution in [2.24, 2.45) is 0 Å². The van der Waals surface area contributed by atoms with E-state index in [0.717, 1.165) is 32.2 Å². The van der Waals surface area contributed by atoms with Crippen molar-refractivity contribution < 1.29 is 32.5 Å². The molecule has 0 radical (unpaired) electrons. The lowest BCUT2D eigenvalue weighted by atomic mass is 9.92. The lowest BCUT2D eigenvalue weighted by molar-refractivity contribution is 0.0442. The average molecular weight is 688 g/mol. The van der Waals surface area contributed by atoms with Crippen molar-refractivity contribution in [3.63, 3.8) is 0 Å². The first-order chi connectivity index (χ1) is 23.9. The van der Waals surface area contributed by atoms with E-state index in [4.69, 9.17) is 20.9 Å². The maximum Gasteiger partial charge on any atom is 0.409 e. The van der Waals surface area contributed by atoms with Crippen LogP contribution < -0.4 is 9.64 Å². The maximum absolute atomic E-state index is 16.9. The van der Waals surface area contributed by atoms with Gasteiger partial charge in [-0.1, -0.05) is 30.2 Å². The molecule has 3 fully saturated rings. The fourth-order valence-corrected chi connectivity index (χ4v) is 8.10. The summed E-state index contributed by atoms with van der Waals surface area (Å²) in [6, 6.07) is 8.76. The molecule has 3 atom stereocenters. The van der Waals surface area contributed by atoms with Crippen LogP contribution in [0.25, 0.3) is 32.8 Å². The highest BCUT2D eigenvalue weighted by atomic mass is 19.1. The van der Waals surface area contributed by atoms with Crippen LogP contribution in [0.4, 0.5) is 23.8 Å². The van der Waals surface area contributed by atoms with Gasteiger partial charge in [-0.05, 0) is 75.1 Å². The van der Waals surface area contributed by atoms with E-state index in [1.807, 2.05) is 4.90 Å². The molecule has 0 aliphatic carbocycles. The van der Waals surface area contributed by atoms with Gasteiger partial charge in [0.05, 0.1) is 22.3 Å². The van der Waals surface area contributed by atoms with Crippen LogP contribution in [-0.4, -0.2) is 95.1 Å². The molecule has 9 nitrogen and oxygen atoms in total. The zero-order valence-corrected chi connectivity index (χ0v) is 28.4. The average Bonchev–Trinajstić information content (AvgIpc) is 3.65. The highest BCUT2D eigenvalue weighted by Gasteiger charge is 2.50. The van der Waals surface area contributed by atoms with Gasteiger partial charge in [-0.2, -0.15) is 9.97 Å². The van der Waals surface area contributed by atoms with Gasteiger partial charge in [0.1, 0.15) is 36.2 Å². The van der Waals surface area contributed by atoms with Gasteiger partial charge in [-0.15, -0.1) is 6.42 Å². The fourth-order valence-electron chi connectivity index (χ4n) is 8.10. The van der Waals surface area contributed by atoms with Gasteiger partial charge in [0.25, 0.3) is 0 Å². The molecule has 12 heteroatoms. The molecule has 3 aliphatic heterocycles. The number of ether oxygens (including phenoxy) is 2. The van der Waals surface area contributed by atoms with Crippen LogP contribution in [0.5, 0.6) is 6.01 Å². The van der Waals surface area contributed by atoms with Crippen molar-refractivity contribution >= 4 is 33.6 Å². The summed E-state index contributed by atoms with van der Waals surface area (Å²) >= 11 is 0. The molecule has 1 aromatic heterocycles. The Morgan fingerprint density at radius 1 is 1.10 bits per heavy atom. The summed E-state index contributed by atoms with van der Waals surface area (Å²) in [5.41, 5.74) is -1.92. The van der Waals surface area contributed by atoms with Gasteiger partial charge in [0.15, 0.2) is 5.82 Å². The zero-order chi connectivity index (χ0) is 35.4. The minimum atomic E-state index is -1.04. The van der Waals surface area contributed by atoms with Crippen LogP contribution in [0.15, 0.2) is 36.4 Å². The number of hydrogen-bond donors (Lipinski definition) is 1. The predicted molar refractivity (Wildman–Crippen MR) is 185 cm³/mol. The summed E-state index contributed by atoms with van der Waals surface area (Å²) < 4.78 is 59.9. The second kappa shape index (κ2) is 12.9. The first-order valence-corrected chi connectivity index (χ1v) is 17.0. The number of terminal acetylenes is 1. The molecule has 1 amide bonds. The lowest BCUT2D eigenvalue weighted by Crippen LogP contribution is -2.48. The van der Waals surface area contributed by atoms with Gasteiger partial charge < -0.3 is 24.4 Å². The van der Waals surface area contributed by atoms with Gasteiger partial charge in [-0.25, -0.2) is 18.0 Å². The first kappa shape index (κ1) is 33.9. The third-order valence-electron chi connectivity index (χ3n) is 10.5. The molecule has 0 bridgehead atoms. The normalized spacial score (nSPS) is 23.6. The lowest BCUT2D eigenvalue weighted by Gasteiger charge is -2.38. The van der Waals surface area contributed by atoms with Crippen molar-refractivity contribution in [2.75, 3.05) is 51.8 Å². The van der Waals surface area contributed by atoms with Crippen LogP contribution >= 0.6 is 0 Å². The molecule has 4 aromatic rings. The molecule has 1 unspecified atom stereocenters. The molecular formula is C38H40F3N5O4. The van der Waals surface area contributed by atoms with E-state index in [1.54, 1.807) is 33.2 Å². The second-order valence-electron chi connectivity index (χ2n) is 14.2. The summed E-state index contributed by atoms with van der Waals surface area (Å²) in [5, 5.41) is 11.8. The number of nitrogens with zero attached hydrogens (tertiary/aromatic N) is 5. The van der Waals surface area contributed by atoms with E-state index in [1.165, 1.54) is 29.2 Å². The number of anilines is 1. The quantitative estimate of drug-likeness (QED) is 0.228. The molecular weight excluding hydrogens is 647 g/mol. The smallest absolute Gasteiger partial charge is 0.409 e. The number of halogens is 3. The van der Waals surface area contributed by atoms with Crippen molar-refractivity contribution in [1.82, 2.24) is 19.8 Å². The van der Waals surface area contributed by atoms with Gasteiger partial charge in [0.2, 0.25) is 0 Å². The summed E-state index contributed by atoms with van der Waals surface area (Å²) in [4.78, 5) is 26.9. The standard InChI is InChI=1S/C38H40F3N5O4/c1-5-25-28(39)12-11-23-9-6-10-26(30(23)25)31-29(40)19-27-33(32(31)41)42-35(43-34(27)45-17-7-14-37(2,48)21-45)50-22-38-15-8-18-46(38)24(13-16-38)20-49-36(47)44(3)4/h1,6,9-12,19,24,48H,7-8,13-18,20-22H2,2-4H3/t24?,37-,38+/m1/s1. The van der Waals surface area contributed by atoms with Crippen LogP contribution in [-0.2, 0) is 4.74 Å². The molecule has 0 saturated carbocycles. The Morgan fingerprint density at radius 2 is 1.90 bits per heavy atom. The predicted octanol–water partition coefficient (Wildman–Crippen LogP) is 6.27. The third-order valence-corrected chi connectivity index (χ3v) is 10.5. The Balaban J connectivity index is 1.30. The number of fused-ring (bicyclic) bond motifs is 3. The molecule has 1 N–H and O–H groups in total. The van der Waals surface area contributed by atoms with Crippen molar-refractivity contribution in [3.8, 4) is 29.5 Å². The van der Waals surface area contributed by atoms with Crippen LogP contribution in [0.2, 0.25) is 0 Å². The molecule has 3 aliphatic rings. The Labute approximate surface area is 289 Å². The maximum atomic E-state index is 16.9. The third kappa shape index (κ3) is 5.96. The van der Waals surface area contributed by atoms with Crippen LogP contribution in [0.3, 0.4) is 0 Å². The number of carbonyl (C=O) groups excluding carboxylic acids is 1. The number of benzene rings is 3. The summed E-state index contributed by atoms with van der Waals surface area (Å²) in [6.07, 6.45) is 9.93. The molecule has 0 spiro atoms. The Morgan fingerprint density at radius 3 is 2.66 bits per heavy atom. The van der Waals surface area contributed by atoms with E-state index < -0.39 is 34.7 Å². The van der Waals surface area contributed by atoms with Crippen LogP contribution in [0, 0.1) is 29.8 Å². The molecule has 50 heavy (non-hydrogen) atoms. The number of β-amino-alcohol motifs (C(OH)–C–C–N with tert-alkyl or cyclic N) is 1. The molecule has 3 saturated heterocycles. The number of aliphatic hydroxyl groups is 1. The summed E-state index contributed by atoms with van der Waals surface area (Å²) in [5.74, 6) is 0.0909. The Kier molecular flexibility index (Phi) is 8.77. The molecule has 7 rings (SSSR count). The first-order valence-electron chi connectivity index (χ1n) is 17.0. The van der Waals surface area contributed by atoms with Gasteiger partial charge in [0, 0.05) is 44.0 Å². The largest absolute Gasteiger partial charge is 0.461 e. The summed E-state index contributed by atoms with van der Waals surface area (Å²) in [7, 11) is 3.29. The number of rotatable bonds is 7. The highest BCUT2D eigenvalue weighted by molar-refractivity contribution is 6.03.